The van der Waals surface area contributed by atoms with E-state index in [0.717, 1.165) is 0 Å². The highest BCUT2D eigenvalue weighted by molar-refractivity contribution is 6.35. The van der Waals surface area contributed by atoms with Crippen molar-refractivity contribution in [1.82, 2.24) is 4.90 Å². The molecule has 2 amide bonds. The second-order valence-electron chi connectivity index (χ2n) is 6.79. The zero-order valence-corrected chi connectivity index (χ0v) is 16.8. The summed E-state index contributed by atoms with van der Waals surface area (Å²) in [6, 6.07) is 12.9. The smallest absolute Gasteiger partial charge is 0.256 e. The standard InChI is InChI=1S/C22H14Cl2F2N2O2/c23-13-3-7-18(24)16(9-13)22(30)28-11-20(29)27-19-8-6-15(26)10-17(19)21(28)12-1-4-14(25)5-2-12/h1-10,21H,11H2,(H,27,29). The van der Waals surface area contributed by atoms with E-state index >= 15 is 0 Å². The maximum atomic E-state index is 14.1. The lowest BCUT2D eigenvalue weighted by atomic mass is 9.95. The van der Waals surface area contributed by atoms with Gasteiger partial charge in [-0.05, 0) is 54.1 Å². The minimum atomic E-state index is -0.863. The number of carbonyl (C=O) groups excluding carboxylic acids is 2. The van der Waals surface area contributed by atoms with Crippen LogP contribution in [0.25, 0.3) is 0 Å². The molecular formula is C22H14Cl2F2N2O2. The summed E-state index contributed by atoms with van der Waals surface area (Å²) in [5.41, 5.74) is 1.33. The topological polar surface area (TPSA) is 49.4 Å². The Balaban J connectivity index is 1.92. The monoisotopic (exact) mass is 446 g/mol. The summed E-state index contributed by atoms with van der Waals surface area (Å²) in [6.45, 7) is -0.319. The summed E-state index contributed by atoms with van der Waals surface area (Å²) in [4.78, 5) is 27.3. The number of nitrogens with zero attached hydrogens (tertiary/aromatic N) is 1. The molecule has 1 N–H and O–H groups in total. The van der Waals surface area contributed by atoms with Gasteiger partial charge in [0.1, 0.15) is 18.2 Å². The van der Waals surface area contributed by atoms with Crippen LogP contribution in [0, 0.1) is 11.6 Å². The average Bonchev–Trinajstić information content (AvgIpc) is 2.85. The third-order valence-corrected chi connectivity index (χ3v) is 5.38. The molecule has 4 rings (SSSR count). The van der Waals surface area contributed by atoms with Gasteiger partial charge in [0.2, 0.25) is 5.91 Å². The van der Waals surface area contributed by atoms with Crippen molar-refractivity contribution < 1.29 is 18.4 Å². The molecule has 1 unspecified atom stereocenters. The molecule has 1 aliphatic rings. The summed E-state index contributed by atoms with van der Waals surface area (Å²) in [6.07, 6.45) is 0. The fourth-order valence-corrected chi connectivity index (χ4v) is 3.86. The molecule has 0 spiro atoms. The predicted octanol–water partition coefficient (Wildman–Crippen LogP) is 5.46. The van der Waals surface area contributed by atoms with Gasteiger partial charge < -0.3 is 10.2 Å². The summed E-state index contributed by atoms with van der Waals surface area (Å²) in [5, 5.41) is 3.15. The van der Waals surface area contributed by atoms with Crippen LogP contribution in [0.5, 0.6) is 0 Å². The van der Waals surface area contributed by atoms with E-state index in [2.05, 4.69) is 5.32 Å². The Bertz CT molecular complexity index is 1150. The molecule has 0 aromatic heterocycles. The minimum absolute atomic E-state index is 0.101. The number of nitrogens with one attached hydrogen (secondary N) is 1. The first-order chi connectivity index (χ1) is 14.3. The molecular weight excluding hydrogens is 433 g/mol. The Morgan fingerprint density at radius 1 is 0.967 bits per heavy atom. The molecule has 0 aliphatic carbocycles. The van der Waals surface area contributed by atoms with Gasteiger partial charge >= 0.3 is 0 Å². The minimum Gasteiger partial charge on any atom is -0.324 e. The van der Waals surface area contributed by atoms with Gasteiger partial charge in [0, 0.05) is 16.3 Å². The number of hydrogen-bond acceptors (Lipinski definition) is 2. The number of carbonyl (C=O) groups is 2. The molecule has 152 valence electrons. The van der Waals surface area contributed by atoms with Gasteiger partial charge in [-0.15, -0.1) is 0 Å². The van der Waals surface area contributed by atoms with E-state index in [4.69, 9.17) is 23.2 Å². The van der Waals surface area contributed by atoms with E-state index in [1.807, 2.05) is 0 Å². The number of fused-ring (bicyclic) bond motifs is 1. The summed E-state index contributed by atoms with van der Waals surface area (Å²) < 4.78 is 27.7. The molecule has 0 radical (unpaired) electrons. The van der Waals surface area contributed by atoms with E-state index in [0.29, 0.717) is 21.8 Å². The molecule has 0 bridgehead atoms. The van der Waals surface area contributed by atoms with Gasteiger partial charge in [-0.25, -0.2) is 8.78 Å². The molecule has 3 aromatic rings. The third-order valence-electron chi connectivity index (χ3n) is 4.81. The van der Waals surface area contributed by atoms with Gasteiger partial charge in [0.05, 0.1) is 16.6 Å². The molecule has 8 heteroatoms. The molecule has 0 saturated carbocycles. The first-order valence-corrected chi connectivity index (χ1v) is 9.70. The molecule has 1 aliphatic heterocycles. The summed E-state index contributed by atoms with van der Waals surface area (Å²) in [7, 11) is 0. The number of halogens is 4. The van der Waals surface area contributed by atoms with Crippen LogP contribution in [-0.2, 0) is 4.79 Å². The second-order valence-corrected chi connectivity index (χ2v) is 7.63. The third kappa shape index (κ3) is 3.88. The highest BCUT2D eigenvalue weighted by atomic mass is 35.5. The van der Waals surface area contributed by atoms with Crippen molar-refractivity contribution in [3.05, 3.63) is 99.0 Å². The lowest BCUT2D eigenvalue weighted by molar-refractivity contribution is -0.117. The van der Waals surface area contributed by atoms with Gasteiger partial charge in [-0.2, -0.15) is 0 Å². The molecule has 0 saturated heterocycles. The highest BCUT2D eigenvalue weighted by Gasteiger charge is 2.35. The van der Waals surface area contributed by atoms with Crippen molar-refractivity contribution in [2.24, 2.45) is 0 Å². The van der Waals surface area contributed by atoms with E-state index in [-0.39, 0.29) is 17.1 Å². The van der Waals surface area contributed by atoms with E-state index in [1.165, 1.54) is 65.6 Å². The Morgan fingerprint density at radius 2 is 1.67 bits per heavy atom. The first-order valence-electron chi connectivity index (χ1n) is 8.94. The Kier molecular flexibility index (Phi) is 5.45. The van der Waals surface area contributed by atoms with Crippen molar-refractivity contribution in [2.75, 3.05) is 11.9 Å². The van der Waals surface area contributed by atoms with Crippen LogP contribution >= 0.6 is 23.2 Å². The first kappa shape index (κ1) is 20.3. The number of amides is 2. The van der Waals surface area contributed by atoms with Crippen LogP contribution in [0.2, 0.25) is 10.0 Å². The zero-order valence-electron chi connectivity index (χ0n) is 15.3. The van der Waals surface area contributed by atoms with Crippen LogP contribution < -0.4 is 5.32 Å². The lowest BCUT2D eigenvalue weighted by Crippen LogP contribution is -2.39. The Morgan fingerprint density at radius 3 is 2.40 bits per heavy atom. The summed E-state index contributed by atoms with van der Waals surface area (Å²) in [5.74, 6) is -2.02. The maximum absolute atomic E-state index is 14.1. The highest BCUT2D eigenvalue weighted by Crippen LogP contribution is 2.38. The predicted molar refractivity (Wildman–Crippen MR) is 111 cm³/mol. The van der Waals surface area contributed by atoms with Crippen molar-refractivity contribution in [1.29, 1.82) is 0 Å². The number of benzene rings is 3. The summed E-state index contributed by atoms with van der Waals surface area (Å²) >= 11 is 12.2. The SMILES string of the molecule is O=C1CN(C(=O)c2cc(Cl)ccc2Cl)C(c2ccc(F)cc2)c2cc(F)ccc2N1. The Hall–Kier alpha value is -2.96. The number of hydrogen-bond donors (Lipinski definition) is 1. The molecule has 0 fully saturated rings. The largest absolute Gasteiger partial charge is 0.324 e. The molecule has 1 heterocycles. The molecule has 30 heavy (non-hydrogen) atoms. The lowest BCUT2D eigenvalue weighted by Gasteiger charge is -2.31. The van der Waals surface area contributed by atoms with Crippen molar-refractivity contribution in [3.63, 3.8) is 0 Å². The normalized spacial score (nSPS) is 15.9. The van der Waals surface area contributed by atoms with Crippen LogP contribution in [-0.4, -0.2) is 23.3 Å². The number of anilines is 1. The van der Waals surface area contributed by atoms with Crippen LogP contribution in [0.1, 0.15) is 27.5 Å². The fraction of sp³-hybridized carbons (Fsp3) is 0.0909. The number of rotatable bonds is 2. The van der Waals surface area contributed by atoms with E-state index in [1.54, 1.807) is 0 Å². The quantitative estimate of drug-likeness (QED) is 0.568. The molecule has 4 nitrogen and oxygen atoms in total. The average molecular weight is 447 g/mol. The zero-order chi connectivity index (χ0) is 21.4. The van der Waals surface area contributed by atoms with Gasteiger partial charge in [0.25, 0.3) is 5.91 Å². The van der Waals surface area contributed by atoms with Crippen LogP contribution in [0.3, 0.4) is 0 Å². The van der Waals surface area contributed by atoms with Gasteiger partial charge in [-0.3, -0.25) is 9.59 Å². The van der Waals surface area contributed by atoms with Crippen molar-refractivity contribution in [2.45, 2.75) is 6.04 Å². The van der Waals surface area contributed by atoms with Gasteiger partial charge in [0.15, 0.2) is 0 Å². The van der Waals surface area contributed by atoms with Gasteiger partial charge in [-0.1, -0.05) is 35.3 Å². The van der Waals surface area contributed by atoms with Crippen molar-refractivity contribution in [3.8, 4) is 0 Å². The maximum Gasteiger partial charge on any atom is 0.256 e. The molecule has 1 atom stereocenters. The second kappa shape index (κ2) is 8.05. The van der Waals surface area contributed by atoms with Crippen LogP contribution in [0.4, 0.5) is 14.5 Å². The van der Waals surface area contributed by atoms with E-state index < -0.39 is 29.5 Å². The Labute approximate surface area is 181 Å². The van der Waals surface area contributed by atoms with Crippen LogP contribution in [0.15, 0.2) is 60.7 Å². The van der Waals surface area contributed by atoms with E-state index in [9.17, 15) is 18.4 Å². The van der Waals surface area contributed by atoms with Crippen molar-refractivity contribution >= 4 is 40.7 Å². The molecule has 3 aromatic carbocycles. The fourth-order valence-electron chi connectivity index (χ4n) is 3.49.